The van der Waals surface area contributed by atoms with Crippen LogP contribution in [0.25, 0.3) is 21.8 Å². The fourth-order valence-corrected chi connectivity index (χ4v) is 3.32. The zero-order valence-electron chi connectivity index (χ0n) is 11.1. The number of thiophene rings is 1. The van der Waals surface area contributed by atoms with Crippen molar-refractivity contribution in [1.82, 2.24) is 14.8 Å². The number of aromatic nitrogens is 3. The van der Waals surface area contributed by atoms with E-state index in [0.717, 1.165) is 32.4 Å². The van der Waals surface area contributed by atoms with E-state index in [0.29, 0.717) is 5.82 Å². The number of halogens is 1. The minimum Gasteiger partial charge on any atom is -0.383 e. The number of pyridine rings is 1. The van der Waals surface area contributed by atoms with E-state index in [1.165, 1.54) is 0 Å². The van der Waals surface area contributed by atoms with Gasteiger partial charge in [-0.15, -0.1) is 11.3 Å². The molecule has 0 fully saturated rings. The Kier molecular flexibility index (Phi) is 3.23. The minimum absolute atomic E-state index is 0.584. The van der Waals surface area contributed by atoms with E-state index in [9.17, 15) is 0 Å². The third kappa shape index (κ3) is 1.99. The van der Waals surface area contributed by atoms with Crippen molar-refractivity contribution in [2.75, 3.05) is 5.73 Å². The second-order valence-electron chi connectivity index (χ2n) is 4.51. The van der Waals surface area contributed by atoms with Gasteiger partial charge in [-0.1, -0.05) is 17.7 Å². The lowest BCUT2D eigenvalue weighted by atomic mass is 10.1. The van der Waals surface area contributed by atoms with Crippen molar-refractivity contribution in [1.29, 1.82) is 0 Å². The van der Waals surface area contributed by atoms with Gasteiger partial charge in [0, 0.05) is 13.2 Å². The molecule has 3 aromatic heterocycles. The zero-order chi connectivity index (χ0) is 14.3. The van der Waals surface area contributed by atoms with E-state index < -0.39 is 0 Å². The summed E-state index contributed by atoms with van der Waals surface area (Å²) in [5, 5.41) is 7.25. The van der Waals surface area contributed by atoms with Crippen molar-refractivity contribution in [2.24, 2.45) is 7.05 Å². The summed E-state index contributed by atoms with van der Waals surface area (Å²) in [6, 6.07) is 5.73. The normalized spacial score (nSPS) is 10.9. The molecule has 3 rings (SSSR count). The van der Waals surface area contributed by atoms with Crippen LogP contribution in [0.15, 0.2) is 29.8 Å². The van der Waals surface area contributed by atoms with Crippen molar-refractivity contribution in [3.05, 3.63) is 40.4 Å². The molecule has 0 spiro atoms. The van der Waals surface area contributed by atoms with Crippen LogP contribution in [0, 0.1) is 6.92 Å². The molecule has 0 aliphatic heterocycles. The summed E-state index contributed by atoms with van der Waals surface area (Å²) in [4.78, 5) is 5.30. The van der Waals surface area contributed by atoms with Gasteiger partial charge in [0.25, 0.3) is 0 Å². The maximum absolute atomic E-state index is 6.36. The molecule has 3 heterocycles. The topological polar surface area (TPSA) is 56.7 Å². The fraction of sp³-hybridized carbons (Fsp3) is 0.143. The SMILES string of the molecule is Cc1csc(-c2nn(C)c(N)c2-c2ccccn2)c1Cl. The van der Waals surface area contributed by atoms with Crippen LogP contribution in [-0.4, -0.2) is 14.8 Å². The molecule has 0 aromatic carbocycles. The van der Waals surface area contributed by atoms with Crippen molar-refractivity contribution in [3.8, 4) is 21.8 Å². The van der Waals surface area contributed by atoms with Gasteiger partial charge in [-0.25, -0.2) is 0 Å². The predicted octanol–water partition coefficient (Wildman–Crippen LogP) is 3.75. The Morgan fingerprint density at radius 1 is 1.35 bits per heavy atom. The average Bonchev–Trinajstić information content (AvgIpc) is 2.93. The monoisotopic (exact) mass is 304 g/mol. The summed E-state index contributed by atoms with van der Waals surface area (Å²) in [5.41, 5.74) is 9.61. The number of hydrogen-bond acceptors (Lipinski definition) is 4. The second-order valence-corrected chi connectivity index (χ2v) is 5.77. The van der Waals surface area contributed by atoms with Gasteiger partial charge >= 0.3 is 0 Å². The summed E-state index contributed by atoms with van der Waals surface area (Å²) >= 11 is 7.93. The van der Waals surface area contributed by atoms with Gasteiger partial charge in [-0.2, -0.15) is 5.10 Å². The molecule has 0 radical (unpaired) electrons. The first-order chi connectivity index (χ1) is 9.59. The van der Waals surface area contributed by atoms with Crippen LogP contribution in [0.2, 0.25) is 5.02 Å². The quantitative estimate of drug-likeness (QED) is 0.784. The molecule has 4 nitrogen and oxygen atoms in total. The fourth-order valence-electron chi connectivity index (χ4n) is 2.05. The Hall–Kier alpha value is -1.85. The summed E-state index contributed by atoms with van der Waals surface area (Å²) in [5.74, 6) is 0.584. The van der Waals surface area contributed by atoms with Crippen LogP contribution in [0.5, 0.6) is 0 Å². The maximum atomic E-state index is 6.36. The molecular formula is C14H13ClN4S. The van der Waals surface area contributed by atoms with Crippen molar-refractivity contribution in [2.45, 2.75) is 6.92 Å². The van der Waals surface area contributed by atoms with Gasteiger partial charge in [0.15, 0.2) is 0 Å². The largest absolute Gasteiger partial charge is 0.383 e. The van der Waals surface area contributed by atoms with Gasteiger partial charge in [0.2, 0.25) is 0 Å². The third-order valence-electron chi connectivity index (χ3n) is 3.13. The summed E-state index contributed by atoms with van der Waals surface area (Å²) in [6.45, 7) is 1.98. The first-order valence-electron chi connectivity index (χ1n) is 6.07. The molecule has 0 amide bonds. The van der Waals surface area contributed by atoms with Crippen LogP contribution in [0.3, 0.4) is 0 Å². The second kappa shape index (κ2) is 4.92. The van der Waals surface area contributed by atoms with E-state index in [4.69, 9.17) is 17.3 Å². The lowest BCUT2D eigenvalue weighted by Gasteiger charge is -2.02. The van der Waals surface area contributed by atoms with Gasteiger partial charge in [-0.3, -0.25) is 9.67 Å². The number of rotatable bonds is 2. The molecule has 0 unspecified atom stereocenters. The van der Waals surface area contributed by atoms with E-state index in [1.54, 1.807) is 22.2 Å². The molecule has 0 bridgehead atoms. The molecule has 102 valence electrons. The molecule has 0 aliphatic rings. The number of nitrogen functional groups attached to an aromatic ring is 1. The molecule has 0 saturated heterocycles. The molecule has 20 heavy (non-hydrogen) atoms. The van der Waals surface area contributed by atoms with E-state index in [2.05, 4.69) is 10.1 Å². The van der Waals surface area contributed by atoms with Crippen LogP contribution in [0.1, 0.15) is 5.56 Å². The predicted molar refractivity (Wildman–Crippen MR) is 83.9 cm³/mol. The maximum Gasteiger partial charge on any atom is 0.131 e. The van der Waals surface area contributed by atoms with Crippen LogP contribution in [0.4, 0.5) is 5.82 Å². The summed E-state index contributed by atoms with van der Waals surface area (Å²) in [7, 11) is 1.82. The van der Waals surface area contributed by atoms with Crippen molar-refractivity contribution < 1.29 is 0 Å². The molecule has 6 heteroatoms. The van der Waals surface area contributed by atoms with Gasteiger partial charge < -0.3 is 5.73 Å². The Morgan fingerprint density at radius 2 is 2.15 bits per heavy atom. The Labute approximate surface area is 125 Å². The van der Waals surface area contributed by atoms with Crippen LogP contribution in [-0.2, 0) is 7.05 Å². The molecule has 2 N–H and O–H groups in total. The van der Waals surface area contributed by atoms with Crippen molar-refractivity contribution in [3.63, 3.8) is 0 Å². The lowest BCUT2D eigenvalue weighted by molar-refractivity contribution is 0.783. The summed E-state index contributed by atoms with van der Waals surface area (Å²) < 4.78 is 1.66. The average molecular weight is 305 g/mol. The van der Waals surface area contributed by atoms with Gasteiger partial charge in [0.05, 0.1) is 21.2 Å². The molecule has 0 atom stereocenters. The molecular weight excluding hydrogens is 292 g/mol. The number of aryl methyl sites for hydroxylation is 2. The zero-order valence-corrected chi connectivity index (χ0v) is 12.7. The Balaban J connectivity index is 2.28. The van der Waals surface area contributed by atoms with Crippen LogP contribution >= 0.6 is 22.9 Å². The highest BCUT2D eigenvalue weighted by Gasteiger charge is 2.21. The number of nitrogens with zero attached hydrogens (tertiary/aromatic N) is 3. The smallest absolute Gasteiger partial charge is 0.131 e. The molecule has 0 saturated carbocycles. The van der Waals surface area contributed by atoms with E-state index in [-0.39, 0.29) is 0 Å². The molecule has 3 aromatic rings. The Morgan fingerprint density at radius 3 is 2.75 bits per heavy atom. The van der Waals surface area contributed by atoms with Crippen LogP contribution < -0.4 is 5.73 Å². The number of anilines is 1. The summed E-state index contributed by atoms with van der Waals surface area (Å²) in [6.07, 6.45) is 1.74. The first-order valence-corrected chi connectivity index (χ1v) is 7.33. The highest BCUT2D eigenvalue weighted by molar-refractivity contribution is 7.14. The third-order valence-corrected chi connectivity index (χ3v) is 4.83. The van der Waals surface area contributed by atoms with Gasteiger partial charge in [0.1, 0.15) is 11.5 Å². The first kappa shape index (κ1) is 13.1. The number of hydrogen-bond donors (Lipinski definition) is 1. The lowest BCUT2D eigenvalue weighted by Crippen LogP contribution is -1.98. The Bertz CT molecular complexity index is 761. The number of nitrogens with two attached hydrogens (primary N) is 1. The minimum atomic E-state index is 0.584. The standard InChI is InChI=1S/C14H13ClN4S/c1-8-7-20-13(11(8)15)12-10(14(16)19(2)18-12)9-5-3-4-6-17-9/h3-7H,16H2,1-2H3. The highest BCUT2D eigenvalue weighted by Crippen LogP contribution is 2.42. The van der Waals surface area contributed by atoms with Crippen molar-refractivity contribution >= 4 is 28.8 Å². The molecule has 0 aliphatic carbocycles. The van der Waals surface area contributed by atoms with E-state index >= 15 is 0 Å². The van der Waals surface area contributed by atoms with Gasteiger partial charge in [-0.05, 0) is 30.0 Å². The van der Waals surface area contributed by atoms with E-state index in [1.807, 2.05) is 37.6 Å². The highest BCUT2D eigenvalue weighted by atomic mass is 35.5.